The van der Waals surface area contributed by atoms with Gasteiger partial charge >= 0.3 is 0 Å². The Morgan fingerprint density at radius 3 is 2.58 bits per heavy atom. The number of aliphatic hydroxyl groups excluding tert-OH is 1. The maximum absolute atomic E-state index is 14.0. The van der Waals surface area contributed by atoms with Gasteiger partial charge in [0.25, 0.3) is 5.91 Å². The van der Waals surface area contributed by atoms with Gasteiger partial charge in [0.05, 0.1) is 26.6 Å². The summed E-state index contributed by atoms with van der Waals surface area (Å²) in [4.78, 5) is 20.5. The fraction of sp³-hybridized carbons (Fsp3) is 0.385. The molecule has 2 N–H and O–H groups in total. The molecule has 38 heavy (non-hydrogen) atoms. The van der Waals surface area contributed by atoms with E-state index in [2.05, 4.69) is 14.1 Å². The zero-order valence-electron chi connectivity index (χ0n) is 20.8. The van der Waals surface area contributed by atoms with Gasteiger partial charge in [-0.25, -0.2) is 22.0 Å². The average molecular weight is 559 g/mol. The number of nitrogens with one attached hydrogen (secondary N) is 1. The van der Waals surface area contributed by atoms with Crippen molar-refractivity contribution in [3.05, 3.63) is 65.2 Å². The SMILES string of the molecule is CS(=O)(=O)Nc1ccc2c(c1)S(C)(=O)=NC(C1=C(O)[C@@H]3[C@H]4CC[C@@H](C4)[C@@H]3N(Cc3ccc(F)cc3)C1=O)=N2. The molecular formula is C26H27FN4O5S2. The van der Waals surface area contributed by atoms with Crippen molar-refractivity contribution >= 4 is 42.9 Å². The Morgan fingerprint density at radius 2 is 1.87 bits per heavy atom. The minimum atomic E-state index is -3.55. The van der Waals surface area contributed by atoms with Gasteiger partial charge in [0, 0.05) is 30.4 Å². The fourth-order valence-electron chi connectivity index (χ4n) is 6.46. The molecule has 2 aliphatic heterocycles. The van der Waals surface area contributed by atoms with Crippen LogP contribution in [-0.2, 0) is 31.1 Å². The van der Waals surface area contributed by atoms with Gasteiger partial charge in [-0.15, -0.1) is 0 Å². The molecule has 2 aliphatic carbocycles. The molecule has 6 rings (SSSR count). The maximum Gasteiger partial charge on any atom is 0.261 e. The molecule has 2 bridgehead atoms. The molecule has 4 aliphatic rings. The van der Waals surface area contributed by atoms with Crippen LogP contribution in [0.2, 0.25) is 0 Å². The Morgan fingerprint density at radius 1 is 1.16 bits per heavy atom. The number of hydrogen-bond acceptors (Lipinski definition) is 7. The molecule has 2 heterocycles. The van der Waals surface area contributed by atoms with Crippen LogP contribution in [0.3, 0.4) is 0 Å². The Bertz CT molecular complexity index is 1660. The number of carbonyl (C=O) groups excluding carboxylic acids is 1. The second-order valence-electron chi connectivity index (χ2n) is 10.6. The first-order valence-corrected chi connectivity index (χ1v) is 16.1. The summed E-state index contributed by atoms with van der Waals surface area (Å²) in [7, 11) is -6.68. The van der Waals surface area contributed by atoms with Crippen molar-refractivity contribution in [2.24, 2.45) is 27.1 Å². The lowest BCUT2D eigenvalue weighted by Crippen LogP contribution is -2.53. The predicted octanol–water partition coefficient (Wildman–Crippen LogP) is 3.97. The van der Waals surface area contributed by atoms with Gasteiger partial charge in [0.1, 0.15) is 17.1 Å². The summed E-state index contributed by atoms with van der Waals surface area (Å²) < 4.78 is 57.2. The largest absolute Gasteiger partial charge is 0.511 e. The summed E-state index contributed by atoms with van der Waals surface area (Å²) in [6.07, 6.45) is 5.25. The van der Waals surface area contributed by atoms with Gasteiger partial charge in [0.15, 0.2) is 5.84 Å². The first-order valence-electron chi connectivity index (χ1n) is 12.3. The van der Waals surface area contributed by atoms with E-state index in [1.807, 2.05) is 0 Å². The number of sulfonamides is 1. The molecule has 200 valence electrons. The number of amidine groups is 1. The van der Waals surface area contributed by atoms with E-state index < -0.39 is 25.7 Å². The minimum Gasteiger partial charge on any atom is -0.511 e. The third-order valence-corrected chi connectivity index (χ3v) is 10.2. The van der Waals surface area contributed by atoms with Crippen LogP contribution in [0.15, 0.2) is 68.0 Å². The van der Waals surface area contributed by atoms with Crippen LogP contribution in [0.5, 0.6) is 0 Å². The first kappa shape index (κ1) is 25.1. The van der Waals surface area contributed by atoms with Gasteiger partial charge < -0.3 is 10.0 Å². The van der Waals surface area contributed by atoms with Crippen LogP contribution in [0, 0.1) is 23.6 Å². The standard InChI is InChI=1S/C26H27FN4O5S2/c1-37(34)20-12-18(29-38(2,35)36)9-10-19(20)28-25(30-37)22-24(32)21-15-5-6-16(11-15)23(21)31(26(22)33)13-14-3-7-17(27)8-4-14/h3-4,7-10,12,15-16,21,23,29,32H,5-6,11,13H2,1-2H3/t15-,16-,21+,23-,37?/m0/s1. The summed E-state index contributed by atoms with van der Waals surface area (Å²) in [5, 5.41) is 11.5. The highest BCUT2D eigenvalue weighted by Gasteiger charge is 2.57. The molecule has 2 fully saturated rings. The number of rotatable bonds is 5. The zero-order chi connectivity index (χ0) is 27.0. The topological polar surface area (TPSA) is 128 Å². The lowest BCUT2D eigenvalue weighted by Gasteiger charge is -2.43. The van der Waals surface area contributed by atoms with Gasteiger partial charge in [-0.3, -0.25) is 9.52 Å². The van der Waals surface area contributed by atoms with Gasteiger partial charge in [-0.2, -0.15) is 4.36 Å². The predicted molar refractivity (Wildman–Crippen MR) is 141 cm³/mol. The summed E-state index contributed by atoms with van der Waals surface area (Å²) in [6, 6.07) is 10.2. The van der Waals surface area contributed by atoms with Crippen molar-refractivity contribution in [1.82, 2.24) is 4.90 Å². The van der Waals surface area contributed by atoms with Crippen LogP contribution >= 0.6 is 0 Å². The van der Waals surface area contributed by atoms with Gasteiger partial charge in [0.2, 0.25) is 10.0 Å². The molecule has 12 heteroatoms. The molecule has 2 saturated carbocycles. The highest BCUT2D eigenvalue weighted by atomic mass is 32.2. The monoisotopic (exact) mass is 558 g/mol. The molecule has 5 atom stereocenters. The molecule has 0 spiro atoms. The van der Waals surface area contributed by atoms with Crippen molar-refractivity contribution < 1.29 is 26.9 Å². The number of halogens is 1. The van der Waals surface area contributed by atoms with Crippen molar-refractivity contribution in [2.45, 2.75) is 36.7 Å². The van der Waals surface area contributed by atoms with Crippen molar-refractivity contribution in [1.29, 1.82) is 0 Å². The number of aliphatic hydroxyl groups is 1. The molecule has 1 amide bonds. The Hall–Kier alpha value is -3.25. The van der Waals surface area contributed by atoms with Crippen LogP contribution in [0.1, 0.15) is 24.8 Å². The lowest BCUT2D eigenvalue weighted by molar-refractivity contribution is -0.134. The van der Waals surface area contributed by atoms with E-state index in [1.165, 1.54) is 36.6 Å². The lowest BCUT2D eigenvalue weighted by atomic mass is 9.77. The van der Waals surface area contributed by atoms with Crippen LogP contribution < -0.4 is 4.72 Å². The van der Waals surface area contributed by atoms with E-state index in [1.54, 1.807) is 17.0 Å². The first-order chi connectivity index (χ1) is 17.9. The number of nitrogens with zero attached hydrogens (tertiary/aromatic N) is 3. The quantitative estimate of drug-likeness (QED) is 0.574. The minimum absolute atomic E-state index is 0.0560. The van der Waals surface area contributed by atoms with E-state index in [0.29, 0.717) is 0 Å². The van der Waals surface area contributed by atoms with Crippen LogP contribution in [-0.4, -0.2) is 52.9 Å². The van der Waals surface area contributed by atoms with Crippen LogP contribution in [0.25, 0.3) is 0 Å². The maximum atomic E-state index is 14.0. The molecule has 9 nitrogen and oxygen atoms in total. The highest BCUT2D eigenvalue weighted by Crippen LogP contribution is 2.55. The Labute approximate surface area is 220 Å². The number of amides is 1. The fourth-order valence-corrected chi connectivity index (χ4v) is 8.42. The second kappa shape index (κ2) is 8.63. The van der Waals surface area contributed by atoms with E-state index in [0.717, 1.165) is 31.1 Å². The molecule has 2 aromatic rings. The molecule has 0 saturated heterocycles. The smallest absolute Gasteiger partial charge is 0.261 e. The van der Waals surface area contributed by atoms with E-state index in [-0.39, 0.29) is 69.6 Å². The molecule has 0 radical (unpaired) electrons. The summed E-state index contributed by atoms with van der Waals surface area (Å²) in [5.74, 6) is -0.749. The number of aliphatic imine (C=N–C) groups is 1. The number of benzene rings is 2. The summed E-state index contributed by atoms with van der Waals surface area (Å²) in [6.45, 7) is 0.242. The average Bonchev–Trinajstić information content (AvgIpc) is 3.45. The van der Waals surface area contributed by atoms with Gasteiger partial charge in [-0.1, -0.05) is 12.1 Å². The Kier molecular flexibility index (Phi) is 5.69. The summed E-state index contributed by atoms with van der Waals surface area (Å²) in [5.41, 5.74) is 1.22. The number of hydrogen-bond donors (Lipinski definition) is 2. The molecular weight excluding hydrogens is 531 g/mol. The normalized spacial score (nSPS) is 30.0. The van der Waals surface area contributed by atoms with E-state index in [4.69, 9.17) is 0 Å². The number of fused-ring (bicyclic) bond motifs is 6. The number of anilines is 1. The van der Waals surface area contributed by atoms with Crippen molar-refractivity contribution in [2.75, 3.05) is 17.2 Å². The van der Waals surface area contributed by atoms with Crippen molar-refractivity contribution in [3.63, 3.8) is 0 Å². The molecule has 0 aromatic heterocycles. The molecule has 2 aromatic carbocycles. The summed E-state index contributed by atoms with van der Waals surface area (Å²) >= 11 is 0. The third kappa shape index (κ3) is 4.19. The third-order valence-electron chi connectivity index (χ3n) is 7.93. The Balaban J connectivity index is 1.44. The van der Waals surface area contributed by atoms with E-state index >= 15 is 0 Å². The van der Waals surface area contributed by atoms with Crippen molar-refractivity contribution in [3.8, 4) is 0 Å². The number of carbonyl (C=O) groups is 1. The second-order valence-corrected chi connectivity index (χ2v) is 14.5. The van der Waals surface area contributed by atoms with E-state index in [9.17, 15) is 26.9 Å². The zero-order valence-corrected chi connectivity index (χ0v) is 22.4. The van der Waals surface area contributed by atoms with Crippen LogP contribution in [0.4, 0.5) is 15.8 Å². The molecule has 1 unspecified atom stereocenters. The highest BCUT2D eigenvalue weighted by molar-refractivity contribution is 7.93. The van der Waals surface area contributed by atoms with Gasteiger partial charge in [-0.05, 0) is 67.0 Å².